The van der Waals surface area contributed by atoms with Crippen LogP contribution >= 0.6 is 11.7 Å². The molecule has 0 bridgehead atoms. The van der Waals surface area contributed by atoms with Gasteiger partial charge in [0.05, 0.1) is 22.6 Å². The van der Waals surface area contributed by atoms with Crippen LogP contribution in [0.2, 0.25) is 0 Å². The lowest BCUT2D eigenvalue weighted by Crippen LogP contribution is -2.40. The van der Waals surface area contributed by atoms with E-state index in [2.05, 4.69) is 14.1 Å². The van der Waals surface area contributed by atoms with Gasteiger partial charge in [-0.25, -0.2) is 0 Å². The number of aromatic nitrogens is 2. The van der Waals surface area contributed by atoms with Crippen molar-refractivity contribution in [3.8, 4) is 0 Å². The van der Waals surface area contributed by atoms with Crippen molar-refractivity contribution < 1.29 is 19.6 Å². The third-order valence-corrected chi connectivity index (χ3v) is 3.84. The number of carboxylic acids is 1. The first-order valence-corrected chi connectivity index (χ1v) is 6.98. The Morgan fingerprint density at radius 2 is 2.05 bits per heavy atom. The van der Waals surface area contributed by atoms with Crippen molar-refractivity contribution in [1.82, 2.24) is 14.1 Å². The first-order chi connectivity index (χ1) is 10.3. The molecule has 9 nitrogen and oxygen atoms in total. The molecule has 0 radical (unpaired) electrons. The molecule has 2 aromatic rings. The van der Waals surface area contributed by atoms with Crippen molar-refractivity contribution in [3.63, 3.8) is 0 Å². The Kier molecular flexibility index (Phi) is 4.31. The highest BCUT2D eigenvalue weighted by atomic mass is 32.1. The summed E-state index contributed by atoms with van der Waals surface area (Å²) in [5.74, 6) is -2.43. The van der Waals surface area contributed by atoms with Crippen LogP contribution in [0.4, 0.5) is 5.69 Å². The van der Waals surface area contributed by atoms with E-state index in [9.17, 15) is 19.7 Å². The summed E-state index contributed by atoms with van der Waals surface area (Å²) < 4.78 is 7.73. The second kappa shape index (κ2) is 6.02. The van der Waals surface area contributed by atoms with Crippen LogP contribution in [0.1, 0.15) is 24.2 Å². The Labute approximate surface area is 128 Å². The number of nitro groups is 1. The summed E-state index contributed by atoms with van der Waals surface area (Å²) in [6, 6.07) is 1.87. The molecule has 1 aromatic carbocycles. The first kappa shape index (κ1) is 15.8. The lowest BCUT2D eigenvalue weighted by Gasteiger charge is -2.17. The molecule has 2 N–H and O–H groups in total. The predicted octanol–water partition coefficient (Wildman–Crippen LogP) is 1.44. The Balaban J connectivity index is 2.32. The fourth-order valence-electron chi connectivity index (χ4n) is 1.77. The minimum Gasteiger partial charge on any atom is -0.481 e. The zero-order chi connectivity index (χ0) is 16.4. The van der Waals surface area contributed by atoms with E-state index in [1.54, 1.807) is 6.92 Å². The number of carbonyl (C=O) groups excluding carboxylic acids is 1. The summed E-state index contributed by atoms with van der Waals surface area (Å²) in [6.45, 7) is 3.01. The molecule has 0 aliphatic rings. The molecule has 2 rings (SSSR count). The van der Waals surface area contributed by atoms with Gasteiger partial charge in [-0.2, -0.15) is 8.75 Å². The van der Waals surface area contributed by atoms with Crippen molar-refractivity contribution in [2.75, 3.05) is 0 Å². The maximum absolute atomic E-state index is 12.2. The molecule has 116 valence electrons. The van der Waals surface area contributed by atoms with E-state index >= 15 is 0 Å². The third kappa shape index (κ3) is 3.01. The van der Waals surface area contributed by atoms with Crippen LogP contribution in [-0.2, 0) is 4.79 Å². The number of nitrogens with one attached hydrogen (secondary N) is 1. The number of rotatable bonds is 5. The largest absolute Gasteiger partial charge is 0.481 e. The van der Waals surface area contributed by atoms with Gasteiger partial charge in [0.2, 0.25) is 0 Å². The Morgan fingerprint density at radius 3 is 2.64 bits per heavy atom. The fraction of sp³-hybridized carbons (Fsp3) is 0.333. The standard InChI is InChI=1S/C12H12N4O5S/c1-5(12(18)19)6(2)13-11(17)7-3-8-10(15-22-14-8)9(4-7)16(20)21/h3-6H,1-2H3,(H,13,17)(H,18,19). The van der Waals surface area contributed by atoms with Crippen LogP contribution in [0.3, 0.4) is 0 Å². The maximum atomic E-state index is 12.2. The van der Waals surface area contributed by atoms with E-state index in [4.69, 9.17) is 5.11 Å². The summed E-state index contributed by atoms with van der Waals surface area (Å²) in [5.41, 5.74) is 0.105. The quantitative estimate of drug-likeness (QED) is 0.627. The Hall–Kier alpha value is -2.62. The molecule has 2 atom stereocenters. The summed E-state index contributed by atoms with van der Waals surface area (Å²) in [4.78, 5) is 33.4. The molecular weight excluding hydrogens is 312 g/mol. The first-order valence-electron chi connectivity index (χ1n) is 6.25. The Bertz CT molecular complexity index is 759. The van der Waals surface area contributed by atoms with Crippen LogP contribution < -0.4 is 5.32 Å². The van der Waals surface area contributed by atoms with Crippen LogP contribution in [-0.4, -0.2) is 36.7 Å². The second-order valence-corrected chi connectivity index (χ2v) is 5.30. The maximum Gasteiger partial charge on any atom is 0.308 e. The van der Waals surface area contributed by atoms with Gasteiger partial charge in [-0.3, -0.25) is 19.7 Å². The summed E-state index contributed by atoms with van der Waals surface area (Å²) >= 11 is 0.814. The average Bonchev–Trinajstić information content (AvgIpc) is 2.92. The molecule has 0 aliphatic carbocycles. The zero-order valence-electron chi connectivity index (χ0n) is 11.6. The third-order valence-electron chi connectivity index (χ3n) is 3.30. The van der Waals surface area contributed by atoms with Crippen molar-refractivity contribution in [1.29, 1.82) is 0 Å². The molecular formula is C12H12N4O5S. The van der Waals surface area contributed by atoms with Crippen LogP contribution in [0.15, 0.2) is 12.1 Å². The molecule has 10 heteroatoms. The van der Waals surface area contributed by atoms with E-state index in [0.29, 0.717) is 0 Å². The fourth-order valence-corrected chi connectivity index (χ4v) is 2.31. The second-order valence-electron chi connectivity index (χ2n) is 4.77. The molecule has 0 saturated heterocycles. The number of nitro benzene ring substituents is 1. The number of carbonyl (C=O) groups is 2. The molecule has 1 amide bonds. The number of aliphatic carboxylic acids is 1. The minimum atomic E-state index is -1.04. The summed E-state index contributed by atoms with van der Waals surface area (Å²) in [5, 5.41) is 22.5. The SMILES string of the molecule is CC(NC(=O)c1cc([N+](=O)[O-])c2nsnc2c1)C(C)C(=O)O. The molecule has 0 saturated carbocycles. The molecule has 2 unspecified atom stereocenters. The van der Waals surface area contributed by atoms with Crippen molar-refractivity contribution >= 4 is 40.3 Å². The minimum absolute atomic E-state index is 0.0383. The van der Waals surface area contributed by atoms with Gasteiger partial charge >= 0.3 is 5.97 Å². The number of amides is 1. The number of hydrogen-bond acceptors (Lipinski definition) is 7. The van der Waals surface area contributed by atoms with Gasteiger partial charge < -0.3 is 10.4 Å². The van der Waals surface area contributed by atoms with Crippen molar-refractivity contribution in [2.45, 2.75) is 19.9 Å². The van der Waals surface area contributed by atoms with E-state index in [1.807, 2.05) is 0 Å². The highest BCUT2D eigenvalue weighted by molar-refractivity contribution is 7.00. The van der Waals surface area contributed by atoms with Gasteiger partial charge in [0.1, 0.15) is 5.52 Å². The van der Waals surface area contributed by atoms with Gasteiger partial charge in [-0.1, -0.05) is 0 Å². The molecule has 0 aliphatic heterocycles. The summed E-state index contributed by atoms with van der Waals surface area (Å²) in [7, 11) is 0. The molecule has 1 aromatic heterocycles. The number of non-ortho nitro benzene ring substituents is 1. The monoisotopic (exact) mass is 324 g/mol. The molecule has 0 fully saturated rings. The average molecular weight is 324 g/mol. The molecule has 22 heavy (non-hydrogen) atoms. The summed E-state index contributed by atoms with van der Waals surface area (Å²) in [6.07, 6.45) is 0. The molecule has 0 spiro atoms. The van der Waals surface area contributed by atoms with Crippen molar-refractivity contribution in [2.24, 2.45) is 5.92 Å². The lowest BCUT2D eigenvalue weighted by atomic mass is 10.0. The topological polar surface area (TPSA) is 135 Å². The van der Waals surface area contributed by atoms with Crippen LogP contribution in [0.25, 0.3) is 11.0 Å². The van der Waals surface area contributed by atoms with E-state index in [1.165, 1.54) is 13.0 Å². The molecule has 1 heterocycles. The smallest absolute Gasteiger partial charge is 0.308 e. The van der Waals surface area contributed by atoms with Gasteiger partial charge in [-0.05, 0) is 19.9 Å². The van der Waals surface area contributed by atoms with Crippen LogP contribution in [0, 0.1) is 16.0 Å². The van der Waals surface area contributed by atoms with Gasteiger partial charge in [0.15, 0.2) is 5.52 Å². The van der Waals surface area contributed by atoms with Crippen LogP contribution in [0.5, 0.6) is 0 Å². The normalized spacial score (nSPS) is 13.5. The number of nitrogens with zero attached hydrogens (tertiary/aromatic N) is 3. The Morgan fingerprint density at radius 1 is 1.36 bits per heavy atom. The number of fused-ring (bicyclic) bond motifs is 1. The van der Waals surface area contributed by atoms with Gasteiger partial charge in [-0.15, -0.1) is 0 Å². The van der Waals surface area contributed by atoms with E-state index in [0.717, 1.165) is 17.8 Å². The predicted molar refractivity (Wildman–Crippen MR) is 77.8 cm³/mol. The highest BCUT2D eigenvalue weighted by Gasteiger charge is 2.24. The zero-order valence-corrected chi connectivity index (χ0v) is 12.5. The van der Waals surface area contributed by atoms with E-state index < -0.39 is 28.8 Å². The number of benzene rings is 1. The number of carboxylic acid groups (broad SMARTS) is 1. The van der Waals surface area contributed by atoms with Crippen molar-refractivity contribution in [3.05, 3.63) is 27.8 Å². The van der Waals surface area contributed by atoms with Gasteiger partial charge in [0, 0.05) is 17.7 Å². The highest BCUT2D eigenvalue weighted by Crippen LogP contribution is 2.25. The lowest BCUT2D eigenvalue weighted by molar-refractivity contribution is -0.383. The van der Waals surface area contributed by atoms with Gasteiger partial charge in [0.25, 0.3) is 11.6 Å². The number of hydrogen-bond donors (Lipinski definition) is 2. The van der Waals surface area contributed by atoms with E-state index in [-0.39, 0.29) is 22.3 Å².